The van der Waals surface area contributed by atoms with E-state index in [-0.39, 0.29) is 5.91 Å². The van der Waals surface area contributed by atoms with Crippen LogP contribution >= 0.6 is 11.8 Å². The van der Waals surface area contributed by atoms with Gasteiger partial charge in [-0.15, -0.1) is 11.8 Å². The minimum absolute atomic E-state index is 0.310. The van der Waals surface area contributed by atoms with Crippen molar-refractivity contribution >= 4 is 34.3 Å². The van der Waals surface area contributed by atoms with Crippen molar-refractivity contribution in [1.82, 2.24) is 0 Å². The molecule has 5 rings (SSSR count). The molecule has 38 heavy (non-hydrogen) atoms. The van der Waals surface area contributed by atoms with E-state index in [1.54, 1.807) is 23.9 Å². The minimum atomic E-state index is -0.782. The van der Waals surface area contributed by atoms with Gasteiger partial charge in [-0.05, 0) is 41.3 Å². The van der Waals surface area contributed by atoms with E-state index in [2.05, 4.69) is 41.7 Å². The van der Waals surface area contributed by atoms with Gasteiger partial charge in [0.15, 0.2) is 0 Å². The van der Waals surface area contributed by atoms with Crippen LogP contribution in [0, 0.1) is 6.92 Å². The molecule has 0 aliphatic heterocycles. The summed E-state index contributed by atoms with van der Waals surface area (Å²) in [5.41, 5.74) is 11.1. The first-order valence-electron chi connectivity index (χ1n) is 12.4. The van der Waals surface area contributed by atoms with Gasteiger partial charge in [-0.3, -0.25) is 4.79 Å². The van der Waals surface area contributed by atoms with Crippen LogP contribution in [0.1, 0.15) is 22.3 Å². The first-order valence-corrected chi connectivity index (χ1v) is 13.4. The van der Waals surface area contributed by atoms with Crippen molar-refractivity contribution in [2.24, 2.45) is 5.73 Å². The smallest absolute Gasteiger partial charge is 0.336 e. The number of benzene rings is 4. The van der Waals surface area contributed by atoms with E-state index in [0.717, 1.165) is 27.6 Å². The fraction of sp³-hybridized carbons (Fsp3) is 0.125. The molecule has 0 saturated heterocycles. The van der Waals surface area contributed by atoms with Crippen LogP contribution in [0.2, 0.25) is 0 Å². The predicted molar refractivity (Wildman–Crippen MR) is 155 cm³/mol. The van der Waals surface area contributed by atoms with Gasteiger partial charge in [-0.2, -0.15) is 0 Å². The number of nitrogens with one attached hydrogen (secondary N) is 1. The van der Waals surface area contributed by atoms with Crippen molar-refractivity contribution in [3.63, 3.8) is 0 Å². The van der Waals surface area contributed by atoms with Crippen molar-refractivity contribution in [2.75, 3.05) is 11.1 Å². The van der Waals surface area contributed by atoms with Gasteiger partial charge < -0.3 is 15.5 Å². The Morgan fingerprint density at radius 2 is 1.37 bits per heavy atom. The molecule has 0 fully saturated rings. The van der Waals surface area contributed by atoms with Crippen LogP contribution in [0.3, 0.4) is 0 Å². The molecule has 190 valence electrons. The number of rotatable bonds is 8. The highest BCUT2D eigenvalue weighted by atomic mass is 32.2. The number of amides is 1. The first kappa shape index (κ1) is 25.5. The van der Waals surface area contributed by atoms with Crippen LogP contribution in [0.25, 0.3) is 11.0 Å². The van der Waals surface area contributed by atoms with E-state index in [9.17, 15) is 9.59 Å². The number of fused-ring (bicyclic) bond motifs is 1. The van der Waals surface area contributed by atoms with E-state index in [4.69, 9.17) is 10.2 Å². The quantitative estimate of drug-likeness (QED) is 0.191. The highest BCUT2D eigenvalue weighted by Crippen LogP contribution is 2.48. The Kier molecular flexibility index (Phi) is 7.45. The molecule has 4 aromatic carbocycles. The fourth-order valence-electron chi connectivity index (χ4n) is 4.70. The molecule has 0 bridgehead atoms. The zero-order chi connectivity index (χ0) is 26.5. The maximum atomic E-state index is 13.2. The molecule has 5 nitrogen and oxygen atoms in total. The number of aryl methyl sites for hydroxylation is 1. The van der Waals surface area contributed by atoms with Gasteiger partial charge in [0.05, 0.1) is 10.8 Å². The predicted octanol–water partition coefficient (Wildman–Crippen LogP) is 6.09. The summed E-state index contributed by atoms with van der Waals surface area (Å²) in [6, 6.07) is 36.8. The molecule has 0 spiro atoms. The maximum absolute atomic E-state index is 13.2. The molecule has 5 aromatic rings. The lowest BCUT2D eigenvalue weighted by atomic mass is 9.84. The van der Waals surface area contributed by atoms with E-state index in [1.165, 1.54) is 6.07 Å². The third kappa shape index (κ3) is 5.14. The van der Waals surface area contributed by atoms with Crippen LogP contribution < -0.4 is 16.7 Å². The van der Waals surface area contributed by atoms with Gasteiger partial charge in [0.25, 0.3) is 0 Å². The van der Waals surface area contributed by atoms with E-state index in [1.807, 2.05) is 67.6 Å². The number of carbonyl (C=O) groups excluding carboxylic acids is 1. The molecule has 1 aromatic heterocycles. The molecule has 0 aliphatic carbocycles. The summed E-state index contributed by atoms with van der Waals surface area (Å²) in [5.74, 6) is 0.0571. The molecule has 3 N–H and O–H groups in total. The topological polar surface area (TPSA) is 85.3 Å². The number of anilines is 1. The first-order chi connectivity index (χ1) is 18.5. The van der Waals surface area contributed by atoms with Gasteiger partial charge in [0.1, 0.15) is 5.58 Å². The summed E-state index contributed by atoms with van der Waals surface area (Å²) in [7, 11) is 0. The third-order valence-corrected chi connectivity index (χ3v) is 8.24. The van der Waals surface area contributed by atoms with Crippen molar-refractivity contribution in [3.8, 4) is 0 Å². The molecule has 0 radical (unpaired) electrons. The fourth-order valence-corrected chi connectivity index (χ4v) is 6.19. The lowest BCUT2D eigenvalue weighted by Gasteiger charge is -2.36. The summed E-state index contributed by atoms with van der Waals surface area (Å²) in [6.07, 6.45) is 0. The van der Waals surface area contributed by atoms with Crippen LogP contribution in [-0.2, 0) is 9.54 Å². The van der Waals surface area contributed by atoms with Gasteiger partial charge >= 0.3 is 5.63 Å². The number of hydrogen-bond donors (Lipinski definition) is 2. The van der Waals surface area contributed by atoms with Gasteiger partial charge in [0, 0.05) is 29.0 Å². The van der Waals surface area contributed by atoms with Gasteiger partial charge in [-0.1, -0.05) is 91.0 Å². The van der Waals surface area contributed by atoms with Crippen LogP contribution in [0.15, 0.2) is 124 Å². The van der Waals surface area contributed by atoms with Gasteiger partial charge in [0.2, 0.25) is 5.91 Å². The molecule has 1 amide bonds. The molecule has 1 heterocycles. The molecule has 0 aliphatic rings. The van der Waals surface area contributed by atoms with Gasteiger partial charge in [-0.25, -0.2) is 4.79 Å². The van der Waals surface area contributed by atoms with Crippen molar-refractivity contribution in [2.45, 2.75) is 17.7 Å². The third-order valence-electron chi connectivity index (χ3n) is 6.58. The second kappa shape index (κ2) is 11.1. The van der Waals surface area contributed by atoms with E-state index >= 15 is 0 Å². The molecular weight excluding hydrogens is 492 g/mol. The van der Waals surface area contributed by atoms with E-state index in [0.29, 0.717) is 17.0 Å². The zero-order valence-electron chi connectivity index (χ0n) is 21.0. The van der Waals surface area contributed by atoms with Crippen molar-refractivity contribution in [3.05, 3.63) is 148 Å². The maximum Gasteiger partial charge on any atom is 0.336 e. The lowest BCUT2D eigenvalue weighted by molar-refractivity contribution is -0.116. The largest absolute Gasteiger partial charge is 0.423 e. The summed E-state index contributed by atoms with van der Waals surface area (Å²) in [5, 5.41) is 3.71. The Morgan fingerprint density at radius 1 is 0.842 bits per heavy atom. The molecule has 0 unspecified atom stereocenters. The van der Waals surface area contributed by atoms with Crippen LogP contribution in [0.4, 0.5) is 5.69 Å². The number of hydrogen-bond acceptors (Lipinski definition) is 5. The SMILES string of the molecule is Cc1cc(=O)oc2cc(NC(=O)[C@@H](N)CSC(c3ccccc3)(c3ccccc3)c3ccccc3)ccc12. The van der Waals surface area contributed by atoms with E-state index < -0.39 is 16.4 Å². The zero-order valence-corrected chi connectivity index (χ0v) is 21.8. The highest BCUT2D eigenvalue weighted by Gasteiger charge is 2.37. The summed E-state index contributed by atoms with van der Waals surface area (Å²) in [6.45, 7) is 1.85. The molecular formula is C32H28N2O3S. The monoisotopic (exact) mass is 520 g/mol. The number of thioether (sulfide) groups is 1. The second-order valence-corrected chi connectivity index (χ2v) is 10.4. The second-order valence-electron chi connectivity index (χ2n) is 9.15. The Balaban J connectivity index is 1.44. The van der Waals surface area contributed by atoms with Crippen LogP contribution in [-0.4, -0.2) is 17.7 Å². The Hall–Kier alpha value is -4.13. The summed E-state index contributed by atoms with van der Waals surface area (Å²) < 4.78 is 4.76. The van der Waals surface area contributed by atoms with Crippen molar-refractivity contribution in [1.29, 1.82) is 0 Å². The number of carbonyl (C=O) groups is 1. The Bertz CT molecular complexity index is 1510. The standard InChI is InChI=1S/C32H28N2O3S/c1-22-19-30(35)37-29-20-26(17-18-27(22)29)34-31(36)28(33)21-38-32(23-11-5-2-6-12-23,24-13-7-3-8-14-24)25-15-9-4-10-16-25/h2-20,28H,21,33H2,1H3,(H,34,36)/t28-/m0/s1. The minimum Gasteiger partial charge on any atom is -0.423 e. The average Bonchev–Trinajstić information content (AvgIpc) is 2.94. The number of nitrogens with two attached hydrogens (primary N) is 1. The van der Waals surface area contributed by atoms with Crippen LogP contribution in [0.5, 0.6) is 0 Å². The normalized spacial score (nSPS) is 12.3. The Morgan fingerprint density at radius 3 is 1.89 bits per heavy atom. The summed E-state index contributed by atoms with van der Waals surface area (Å²) >= 11 is 1.64. The lowest BCUT2D eigenvalue weighted by Crippen LogP contribution is -2.39. The Labute approximate surface area is 225 Å². The summed E-state index contributed by atoms with van der Waals surface area (Å²) in [4.78, 5) is 25.0. The average molecular weight is 521 g/mol. The molecule has 1 atom stereocenters. The van der Waals surface area contributed by atoms with Crippen molar-refractivity contribution < 1.29 is 9.21 Å². The molecule has 6 heteroatoms. The molecule has 0 saturated carbocycles. The highest BCUT2D eigenvalue weighted by molar-refractivity contribution is 8.00.